The standard InChI is InChI=1S/C26H36N6O2/c1-3-16-30(4-2)19-20-10-7-8-17-31(20)18-15-28-26(34)32-23-13-6-5-11-21(23)25(33)29-22-12-9-14-27-24(22)32/h5-6,9,11-14,20H,3-4,7-8,10,15-19H2,1-2H3,(H,28,34)(H,29,33). The molecule has 3 heterocycles. The van der Waals surface area contributed by atoms with E-state index in [1.807, 2.05) is 6.07 Å². The fourth-order valence-corrected chi connectivity index (χ4v) is 4.98. The lowest BCUT2D eigenvalue weighted by atomic mass is 10.0. The molecule has 1 aromatic heterocycles. The van der Waals surface area contributed by atoms with Crippen LogP contribution in [-0.2, 0) is 0 Å². The van der Waals surface area contributed by atoms with Crippen molar-refractivity contribution in [2.45, 2.75) is 45.6 Å². The Morgan fingerprint density at radius 3 is 2.88 bits per heavy atom. The van der Waals surface area contributed by atoms with Gasteiger partial charge in [-0.1, -0.05) is 32.4 Å². The fraction of sp³-hybridized carbons (Fsp3) is 0.500. The number of pyridine rings is 1. The first-order chi connectivity index (χ1) is 16.6. The van der Waals surface area contributed by atoms with Crippen LogP contribution >= 0.6 is 0 Å². The molecule has 34 heavy (non-hydrogen) atoms. The van der Waals surface area contributed by atoms with Gasteiger partial charge in [-0.05, 0) is 63.2 Å². The van der Waals surface area contributed by atoms with Crippen LogP contribution in [0, 0.1) is 0 Å². The van der Waals surface area contributed by atoms with E-state index in [0.717, 1.165) is 32.7 Å². The van der Waals surface area contributed by atoms with Gasteiger partial charge in [0.15, 0.2) is 5.82 Å². The number of nitrogens with zero attached hydrogens (tertiary/aromatic N) is 4. The molecule has 2 aliphatic heterocycles. The number of aromatic nitrogens is 1. The van der Waals surface area contributed by atoms with Gasteiger partial charge in [-0.15, -0.1) is 0 Å². The Bertz CT molecular complexity index is 997. The van der Waals surface area contributed by atoms with E-state index in [0.29, 0.717) is 35.3 Å². The first kappa shape index (κ1) is 24.2. The first-order valence-electron chi connectivity index (χ1n) is 12.5. The second-order valence-electron chi connectivity index (χ2n) is 8.99. The number of fused-ring (bicyclic) bond motifs is 2. The number of rotatable bonds is 8. The molecule has 1 atom stereocenters. The monoisotopic (exact) mass is 464 g/mol. The number of likely N-dealkylation sites (tertiary alicyclic amines) is 1. The van der Waals surface area contributed by atoms with Crippen LogP contribution in [0.4, 0.5) is 22.0 Å². The Balaban J connectivity index is 1.46. The molecular formula is C26H36N6O2. The van der Waals surface area contributed by atoms with E-state index in [2.05, 4.69) is 39.3 Å². The third-order valence-electron chi connectivity index (χ3n) is 6.72. The van der Waals surface area contributed by atoms with E-state index in [1.54, 1.807) is 36.5 Å². The molecule has 8 heteroatoms. The summed E-state index contributed by atoms with van der Waals surface area (Å²) in [6.07, 6.45) is 6.48. The summed E-state index contributed by atoms with van der Waals surface area (Å²) in [6.45, 7) is 10.2. The van der Waals surface area contributed by atoms with Crippen molar-refractivity contribution in [1.29, 1.82) is 0 Å². The number of likely N-dealkylation sites (N-methyl/N-ethyl adjacent to an activating group) is 1. The normalized spacial score (nSPS) is 18.1. The number of carbonyl (C=O) groups is 2. The highest BCUT2D eigenvalue weighted by Gasteiger charge is 2.30. The van der Waals surface area contributed by atoms with Crippen molar-refractivity contribution in [1.82, 2.24) is 20.1 Å². The molecule has 2 aliphatic rings. The number of piperidine rings is 1. The lowest BCUT2D eigenvalue weighted by Crippen LogP contribution is -2.50. The van der Waals surface area contributed by atoms with Crippen molar-refractivity contribution in [3.63, 3.8) is 0 Å². The molecule has 1 unspecified atom stereocenters. The van der Waals surface area contributed by atoms with E-state index in [1.165, 1.54) is 30.6 Å². The minimum atomic E-state index is -0.279. The fourth-order valence-electron chi connectivity index (χ4n) is 4.98. The smallest absolute Gasteiger partial charge is 0.327 e. The highest BCUT2D eigenvalue weighted by molar-refractivity contribution is 6.16. The van der Waals surface area contributed by atoms with E-state index in [9.17, 15) is 9.59 Å². The highest BCUT2D eigenvalue weighted by atomic mass is 16.2. The van der Waals surface area contributed by atoms with Gasteiger partial charge in [0.2, 0.25) is 0 Å². The third kappa shape index (κ3) is 5.39. The first-order valence-corrected chi connectivity index (χ1v) is 12.5. The third-order valence-corrected chi connectivity index (χ3v) is 6.72. The topological polar surface area (TPSA) is 80.8 Å². The van der Waals surface area contributed by atoms with Crippen LogP contribution in [0.2, 0.25) is 0 Å². The minimum Gasteiger partial charge on any atom is -0.336 e. The number of urea groups is 1. The average molecular weight is 465 g/mol. The summed E-state index contributed by atoms with van der Waals surface area (Å²) in [5.41, 5.74) is 1.50. The summed E-state index contributed by atoms with van der Waals surface area (Å²) in [6, 6.07) is 10.9. The molecule has 0 aliphatic carbocycles. The lowest BCUT2D eigenvalue weighted by Gasteiger charge is -2.38. The molecule has 1 fully saturated rings. The molecule has 0 radical (unpaired) electrons. The number of amides is 3. The lowest BCUT2D eigenvalue weighted by molar-refractivity contribution is 0.102. The van der Waals surface area contributed by atoms with Crippen molar-refractivity contribution in [3.05, 3.63) is 48.2 Å². The second kappa shape index (κ2) is 11.4. The van der Waals surface area contributed by atoms with Crippen molar-refractivity contribution in [3.8, 4) is 0 Å². The van der Waals surface area contributed by atoms with Gasteiger partial charge in [0.05, 0.1) is 16.9 Å². The molecule has 8 nitrogen and oxygen atoms in total. The molecule has 4 rings (SSSR count). The van der Waals surface area contributed by atoms with Gasteiger partial charge in [-0.3, -0.25) is 9.69 Å². The van der Waals surface area contributed by atoms with Gasteiger partial charge in [-0.2, -0.15) is 0 Å². The van der Waals surface area contributed by atoms with Gasteiger partial charge in [0.25, 0.3) is 5.91 Å². The Morgan fingerprint density at radius 1 is 1.21 bits per heavy atom. The molecule has 0 spiro atoms. The number of carbonyl (C=O) groups excluding carboxylic acids is 2. The van der Waals surface area contributed by atoms with Gasteiger partial charge in [0.1, 0.15) is 0 Å². The van der Waals surface area contributed by atoms with E-state index in [4.69, 9.17) is 0 Å². The molecule has 1 saturated heterocycles. The number of benzene rings is 1. The van der Waals surface area contributed by atoms with Crippen LogP contribution in [0.15, 0.2) is 42.6 Å². The summed E-state index contributed by atoms with van der Waals surface area (Å²) in [7, 11) is 0. The maximum Gasteiger partial charge on any atom is 0.327 e. The SMILES string of the molecule is CCCN(CC)CC1CCCCN1CCNC(=O)N1c2ccccc2C(=O)Nc2cccnc21. The van der Waals surface area contributed by atoms with Crippen molar-refractivity contribution >= 4 is 29.1 Å². The largest absolute Gasteiger partial charge is 0.336 e. The Morgan fingerprint density at radius 2 is 2.06 bits per heavy atom. The number of nitrogens with one attached hydrogen (secondary N) is 2. The number of hydrogen-bond donors (Lipinski definition) is 2. The summed E-state index contributed by atoms with van der Waals surface area (Å²) < 4.78 is 0. The number of hydrogen-bond acceptors (Lipinski definition) is 5. The number of para-hydroxylation sites is 1. The maximum absolute atomic E-state index is 13.4. The van der Waals surface area contributed by atoms with Gasteiger partial charge in [-0.25, -0.2) is 14.7 Å². The van der Waals surface area contributed by atoms with Crippen molar-refractivity contribution in [2.24, 2.45) is 0 Å². The zero-order valence-corrected chi connectivity index (χ0v) is 20.3. The molecule has 2 N–H and O–H groups in total. The van der Waals surface area contributed by atoms with Crippen molar-refractivity contribution < 1.29 is 9.59 Å². The molecule has 0 bridgehead atoms. The van der Waals surface area contributed by atoms with Crippen LogP contribution in [0.5, 0.6) is 0 Å². The zero-order chi connectivity index (χ0) is 23.9. The predicted molar refractivity (Wildman–Crippen MR) is 136 cm³/mol. The van der Waals surface area contributed by atoms with E-state index in [-0.39, 0.29) is 11.9 Å². The summed E-state index contributed by atoms with van der Waals surface area (Å²) in [4.78, 5) is 37.2. The Kier molecular flexibility index (Phi) is 8.13. The van der Waals surface area contributed by atoms with Crippen LogP contribution in [-0.4, -0.2) is 72.0 Å². The molecule has 1 aromatic carbocycles. The summed E-state index contributed by atoms with van der Waals surface area (Å²) in [5.74, 6) is 0.177. The Labute approximate surface area is 202 Å². The number of anilines is 3. The minimum absolute atomic E-state index is 0.246. The van der Waals surface area contributed by atoms with Gasteiger partial charge in [0, 0.05) is 31.9 Å². The molecular weight excluding hydrogens is 428 g/mol. The summed E-state index contributed by atoms with van der Waals surface area (Å²) in [5, 5.41) is 5.96. The maximum atomic E-state index is 13.4. The van der Waals surface area contributed by atoms with Crippen LogP contribution < -0.4 is 15.5 Å². The van der Waals surface area contributed by atoms with Crippen LogP contribution in [0.1, 0.15) is 49.9 Å². The highest BCUT2D eigenvalue weighted by Crippen LogP contribution is 2.36. The Hall–Kier alpha value is -2.97. The molecule has 182 valence electrons. The van der Waals surface area contributed by atoms with E-state index >= 15 is 0 Å². The van der Waals surface area contributed by atoms with E-state index < -0.39 is 0 Å². The second-order valence-corrected chi connectivity index (χ2v) is 8.99. The average Bonchev–Trinajstić information content (AvgIpc) is 2.98. The molecule has 0 saturated carbocycles. The predicted octanol–water partition coefficient (Wildman–Crippen LogP) is 4.08. The molecule has 2 aromatic rings. The van der Waals surface area contributed by atoms with Crippen LogP contribution in [0.3, 0.4) is 0 Å². The van der Waals surface area contributed by atoms with Gasteiger partial charge < -0.3 is 15.5 Å². The van der Waals surface area contributed by atoms with Crippen molar-refractivity contribution in [2.75, 3.05) is 49.5 Å². The van der Waals surface area contributed by atoms with Gasteiger partial charge >= 0.3 is 6.03 Å². The van der Waals surface area contributed by atoms with Crippen LogP contribution in [0.25, 0.3) is 0 Å². The quantitative estimate of drug-likeness (QED) is 0.615. The summed E-state index contributed by atoms with van der Waals surface area (Å²) >= 11 is 0. The molecule has 3 amide bonds. The zero-order valence-electron chi connectivity index (χ0n) is 20.3.